The monoisotopic (exact) mass is 300 g/mol. The lowest BCUT2D eigenvalue weighted by Crippen LogP contribution is -2.29. The number of esters is 1. The molecule has 0 heterocycles. The smallest absolute Gasteiger partial charge is 0.337 e. The van der Waals surface area contributed by atoms with Gasteiger partial charge in [-0.1, -0.05) is 54.6 Å². The lowest BCUT2D eigenvalue weighted by atomic mass is 9.99. The summed E-state index contributed by atoms with van der Waals surface area (Å²) in [6, 6.07) is 14.9. The predicted octanol–water partition coefficient (Wildman–Crippen LogP) is 1.48. The highest BCUT2D eigenvalue weighted by molar-refractivity contribution is 6.08. The Morgan fingerprint density at radius 3 is 2.00 bits per heavy atom. The fourth-order valence-corrected chi connectivity index (χ4v) is 2.02. The summed E-state index contributed by atoms with van der Waals surface area (Å²) in [5.41, 5.74) is 1.34. The fraction of sp³-hybridized carbons (Fsp3) is 0.176. The molecule has 2 unspecified atom stereocenters. The molecule has 2 aromatic carbocycles. The van der Waals surface area contributed by atoms with Gasteiger partial charge in [-0.15, -0.1) is 0 Å². The minimum absolute atomic E-state index is 0.143. The van der Waals surface area contributed by atoms with Crippen molar-refractivity contribution in [2.24, 2.45) is 0 Å². The van der Waals surface area contributed by atoms with Crippen molar-refractivity contribution in [3.05, 3.63) is 71.3 Å². The maximum absolute atomic E-state index is 12.2. The standard InChI is InChI=1S/C17H16O5/c1-22-17(21)16(20)15(19)13-9-7-12(8-10-13)14(18)11-5-3-2-4-6-11/h2-10,15-16,19-20H,1H3. The van der Waals surface area contributed by atoms with Crippen LogP contribution in [0.3, 0.4) is 0 Å². The van der Waals surface area contributed by atoms with Gasteiger partial charge in [0.25, 0.3) is 0 Å². The van der Waals surface area contributed by atoms with Crippen molar-refractivity contribution in [2.45, 2.75) is 12.2 Å². The van der Waals surface area contributed by atoms with Crippen LogP contribution in [0.2, 0.25) is 0 Å². The molecule has 0 amide bonds. The first-order valence-corrected chi connectivity index (χ1v) is 6.68. The topological polar surface area (TPSA) is 83.8 Å². The first-order valence-electron chi connectivity index (χ1n) is 6.68. The molecular weight excluding hydrogens is 284 g/mol. The zero-order valence-corrected chi connectivity index (χ0v) is 12.0. The molecule has 0 saturated heterocycles. The number of carbonyl (C=O) groups excluding carboxylic acids is 2. The Kier molecular flexibility index (Phi) is 5.04. The summed E-state index contributed by atoms with van der Waals surface area (Å²) >= 11 is 0. The Labute approximate surface area is 127 Å². The lowest BCUT2D eigenvalue weighted by Gasteiger charge is -2.16. The number of methoxy groups -OCH3 is 1. The fourth-order valence-electron chi connectivity index (χ4n) is 2.02. The van der Waals surface area contributed by atoms with Crippen LogP contribution < -0.4 is 0 Å². The van der Waals surface area contributed by atoms with Gasteiger partial charge in [0.2, 0.25) is 0 Å². The number of carbonyl (C=O) groups is 2. The third kappa shape index (κ3) is 3.39. The van der Waals surface area contributed by atoms with Crippen LogP contribution in [0, 0.1) is 0 Å². The number of ketones is 1. The zero-order valence-electron chi connectivity index (χ0n) is 12.0. The van der Waals surface area contributed by atoms with Gasteiger partial charge in [-0.05, 0) is 5.56 Å². The summed E-state index contributed by atoms with van der Waals surface area (Å²) in [5.74, 6) is -1.06. The molecule has 0 spiro atoms. The molecule has 0 radical (unpaired) electrons. The highest BCUT2D eigenvalue weighted by atomic mass is 16.5. The Hall–Kier alpha value is -2.50. The van der Waals surface area contributed by atoms with E-state index >= 15 is 0 Å². The molecule has 2 N–H and O–H groups in total. The number of ether oxygens (including phenoxy) is 1. The normalized spacial score (nSPS) is 13.2. The number of aliphatic hydroxyl groups excluding tert-OH is 2. The predicted molar refractivity (Wildman–Crippen MR) is 79.3 cm³/mol. The highest BCUT2D eigenvalue weighted by Gasteiger charge is 2.26. The lowest BCUT2D eigenvalue weighted by molar-refractivity contribution is -0.156. The van der Waals surface area contributed by atoms with E-state index in [1.165, 1.54) is 24.3 Å². The summed E-state index contributed by atoms with van der Waals surface area (Å²) < 4.78 is 4.37. The van der Waals surface area contributed by atoms with Crippen LogP contribution in [-0.4, -0.2) is 35.2 Å². The number of hydrogen-bond donors (Lipinski definition) is 2. The van der Waals surface area contributed by atoms with Gasteiger partial charge in [0.1, 0.15) is 6.10 Å². The second-order valence-corrected chi connectivity index (χ2v) is 4.73. The van der Waals surface area contributed by atoms with Crippen LogP contribution in [0.4, 0.5) is 0 Å². The summed E-state index contributed by atoms with van der Waals surface area (Å²) in [6.07, 6.45) is -3.07. The van der Waals surface area contributed by atoms with Gasteiger partial charge < -0.3 is 14.9 Å². The second-order valence-electron chi connectivity index (χ2n) is 4.73. The maximum atomic E-state index is 12.2. The van der Waals surface area contributed by atoms with Gasteiger partial charge in [-0.25, -0.2) is 4.79 Å². The molecule has 0 aliphatic carbocycles. The quantitative estimate of drug-likeness (QED) is 0.645. The van der Waals surface area contributed by atoms with Crippen LogP contribution in [0.5, 0.6) is 0 Å². The average molecular weight is 300 g/mol. The Morgan fingerprint density at radius 1 is 0.909 bits per heavy atom. The molecule has 0 saturated carbocycles. The summed E-state index contributed by atoms with van der Waals surface area (Å²) in [4.78, 5) is 23.4. The zero-order chi connectivity index (χ0) is 16.1. The highest BCUT2D eigenvalue weighted by Crippen LogP contribution is 2.19. The van der Waals surface area contributed by atoms with Crippen molar-refractivity contribution < 1.29 is 24.5 Å². The molecule has 0 aliphatic heterocycles. The molecule has 5 heteroatoms. The average Bonchev–Trinajstić information content (AvgIpc) is 2.60. The van der Waals surface area contributed by atoms with Crippen LogP contribution in [0.25, 0.3) is 0 Å². The van der Waals surface area contributed by atoms with Crippen molar-refractivity contribution in [1.29, 1.82) is 0 Å². The molecule has 0 fully saturated rings. The first-order chi connectivity index (χ1) is 10.5. The molecule has 22 heavy (non-hydrogen) atoms. The molecule has 114 valence electrons. The van der Waals surface area contributed by atoms with E-state index in [9.17, 15) is 19.8 Å². The van der Waals surface area contributed by atoms with E-state index in [0.29, 0.717) is 16.7 Å². The van der Waals surface area contributed by atoms with Crippen molar-refractivity contribution >= 4 is 11.8 Å². The van der Waals surface area contributed by atoms with Gasteiger partial charge in [0.15, 0.2) is 11.9 Å². The van der Waals surface area contributed by atoms with E-state index in [0.717, 1.165) is 7.11 Å². The minimum atomic E-state index is -1.67. The van der Waals surface area contributed by atoms with Crippen molar-refractivity contribution in [2.75, 3.05) is 7.11 Å². The largest absolute Gasteiger partial charge is 0.467 e. The van der Waals surface area contributed by atoms with Crippen LogP contribution in [-0.2, 0) is 9.53 Å². The number of hydrogen-bond acceptors (Lipinski definition) is 5. The summed E-state index contributed by atoms with van der Waals surface area (Å²) in [7, 11) is 1.12. The molecule has 2 rings (SSSR count). The molecule has 0 aliphatic rings. The Bertz CT molecular complexity index is 649. The van der Waals surface area contributed by atoms with E-state index in [2.05, 4.69) is 4.74 Å². The van der Waals surface area contributed by atoms with Crippen LogP contribution in [0.15, 0.2) is 54.6 Å². The van der Waals surface area contributed by atoms with Crippen LogP contribution in [0.1, 0.15) is 27.6 Å². The number of benzene rings is 2. The van der Waals surface area contributed by atoms with Crippen molar-refractivity contribution in [3.63, 3.8) is 0 Å². The molecular formula is C17H16O5. The van der Waals surface area contributed by atoms with Crippen LogP contribution >= 0.6 is 0 Å². The maximum Gasteiger partial charge on any atom is 0.337 e. The van der Waals surface area contributed by atoms with Crippen molar-refractivity contribution in [1.82, 2.24) is 0 Å². The SMILES string of the molecule is COC(=O)C(O)C(O)c1ccc(C(=O)c2ccccc2)cc1. The molecule has 0 bridgehead atoms. The van der Waals surface area contributed by atoms with Gasteiger partial charge in [-0.2, -0.15) is 0 Å². The Morgan fingerprint density at radius 2 is 1.45 bits per heavy atom. The number of rotatable bonds is 5. The van der Waals surface area contributed by atoms with E-state index < -0.39 is 18.2 Å². The molecule has 5 nitrogen and oxygen atoms in total. The molecule has 2 aromatic rings. The van der Waals surface area contributed by atoms with Gasteiger partial charge in [0.05, 0.1) is 7.11 Å². The molecule has 0 aromatic heterocycles. The van der Waals surface area contributed by atoms with E-state index in [1.807, 2.05) is 6.07 Å². The van der Waals surface area contributed by atoms with Gasteiger partial charge in [-0.3, -0.25) is 4.79 Å². The molecule has 2 atom stereocenters. The summed E-state index contributed by atoms with van der Waals surface area (Å²) in [6.45, 7) is 0. The minimum Gasteiger partial charge on any atom is -0.467 e. The third-order valence-electron chi connectivity index (χ3n) is 3.29. The van der Waals surface area contributed by atoms with Gasteiger partial charge in [0, 0.05) is 11.1 Å². The second kappa shape index (κ2) is 6.98. The third-order valence-corrected chi connectivity index (χ3v) is 3.29. The van der Waals surface area contributed by atoms with E-state index in [-0.39, 0.29) is 5.78 Å². The van der Waals surface area contributed by atoms with Crippen molar-refractivity contribution in [3.8, 4) is 0 Å². The van der Waals surface area contributed by atoms with E-state index in [4.69, 9.17) is 0 Å². The summed E-state index contributed by atoms with van der Waals surface area (Å²) in [5, 5.41) is 19.5. The first kappa shape index (κ1) is 15.9. The Balaban J connectivity index is 2.17. The van der Waals surface area contributed by atoms with E-state index in [1.54, 1.807) is 24.3 Å². The number of aliphatic hydroxyl groups is 2. The van der Waals surface area contributed by atoms with Gasteiger partial charge >= 0.3 is 5.97 Å².